The summed E-state index contributed by atoms with van der Waals surface area (Å²) >= 11 is 0. The first-order valence-corrected chi connectivity index (χ1v) is 10.5. The standard InChI is InChI=1S/C24H29FN2O/c25-22-7-3-19(4-8-22)16-20-11-14-27(15-12-20)13-1-2-18-5-9-23-21(17-18)6-10-24(28)26-23/h3-5,7-9,17,20H,1-2,6,10-16H2,(H,26,28). The minimum absolute atomic E-state index is 0.128. The third-order valence-electron chi connectivity index (χ3n) is 6.15. The predicted octanol–water partition coefficient (Wildman–Crippen LogP) is 4.60. The quantitative estimate of drug-likeness (QED) is 0.794. The number of rotatable bonds is 6. The Bertz CT molecular complexity index is 810. The van der Waals surface area contributed by atoms with Gasteiger partial charge in [-0.05, 0) is 99.0 Å². The maximum Gasteiger partial charge on any atom is 0.224 e. The summed E-state index contributed by atoms with van der Waals surface area (Å²) in [5.41, 5.74) is 4.89. The monoisotopic (exact) mass is 380 g/mol. The van der Waals surface area contributed by atoms with Gasteiger partial charge in [0.1, 0.15) is 5.82 Å². The van der Waals surface area contributed by atoms with Gasteiger partial charge in [-0.2, -0.15) is 0 Å². The van der Waals surface area contributed by atoms with Crippen LogP contribution in [0.1, 0.15) is 42.4 Å². The van der Waals surface area contributed by atoms with Crippen molar-refractivity contribution >= 4 is 11.6 Å². The summed E-state index contributed by atoms with van der Waals surface area (Å²) in [5.74, 6) is 0.697. The lowest BCUT2D eigenvalue weighted by Crippen LogP contribution is -2.35. The Morgan fingerprint density at radius 2 is 1.75 bits per heavy atom. The van der Waals surface area contributed by atoms with Crippen LogP contribution in [0.2, 0.25) is 0 Å². The van der Waals surface area contributed by atoms with E-state index in [0.717, 1.165) is 37.4 Å². The number of hydrogen-bond donors (Lipinski definition) is 1. The highest BCUT2D eigenvalue weighted by molar-refractivity contribution is 5.93. The number of halogens is 1. The highest BCUT2D eigenvalue weighted by atomic mass is 19.1. The fraction of sp³-hybridized carbons (Fsp3) is 0.458. The zero-order valence-corrected chi connectivity index (χ0v) is 16.4. The van der Waals surface area contributed by atoms with E-state index in [9.17, 15) is 9.18 Å². The Morgan fingerprint density at radius 3 is 2.54 bits per heavy atom. The molecule has 0 atom stereocenters. The molecule has 4 heteroatoms. The van der Waals surface area contributed by atoms with E-state index in [2.05, 4.69) is 28.4 Å². The minimum Gasteiger partial charge on any atom is -0.326 e. The molecule has 148 valence electrons. The number of likely N-dealkylation sites (tertiary alicyclic amines) is 1. The number of hydrogen-bond acceptors (Lipinski definition) is 2. The molecule has 2 aromatic rings. The second-order valence-electron chi connectivity index (χ2n) is 8.26. The second kappa shape index (κ2) is 8.87. The molecule has 0 unspecified atom stereocenters. The molecule has 0 aromatic heterocycles. The number of nitrogens with zero attached hydrogens (tertiary/aromatic N) is 1. The third-order valence-corrected chi connectivity index (χ3v) is 6.15. The highest BCUT2D eigenvalue weighted by Crippen LogP contribution is 2.25. The number of carbonyl (C=O) groups excluding carboxylic acids is 1. The summed E-state index contributed by atoms with van der Waals surface area (Å²) in [4.78, 5) is 14.0. The van der Waals surface area contributed by atoms with E-state index in [0.29, 0.717) is 6.42 Å². The van der Waals surface area contributed by atoms with Crippen LogP contribution in [0.15, 0.2) is 42.5 Å². The number of amides is 1. The average Bonchev–Trinajstić information content (AvgIpc) is 2.71. The highest BCUT2D eigenvalue weighted by Gasteiger charge is 2.19. The van der Waals surface area contributed by atoms with Crippen molar-refractivity contribution in [3.63, 3.8) is 0 Å². The number of anilines is 1. The first-order valence-electron chi connectivity index (χ1n) is 10.5. The van der Waals surface area contributed by atoms with E-state index in [4.69, 9.17) is 0 Å². The summed E-state index contributed by atoms with van der Waals surface area (Å²) in [5, 5.41) is 2.95. The Morgan fingerprint density at radius 1 is 1.00 bits per heavy atom. The van der Waals surface area contributed by atoms with Crippen LogP contribution in [0, 0.1) is 11.7 Å². The van der Waals surface area contributed by atoms with Gasteiger partial charge in [0.05, 0.1) is 0 Å². The molecular formula is C24H29FN2O. The normalized spacial score (nSPS) is 18.0. The summed E-state index contributed by atoms with van der Waals surface area (Å²) in [6.07, 6.45) is 7.26. The van der Waals surface area contributed by atoms with E-state index in [1.54, 1.807) is 12.1 Å². The van der Waals surface area contributed by atoms with Gasteiger partial charge in [0.2, 0.25) is 5.91 Å². The number of fused-ring (bicyclic) bond motifs is 1. The third kappa shape index (κ3) is 4.99. The second-order valence-corrected chi connectivity index (χ2v) is 8.26. The SMILES string of the molecule is O=C1CCc2cc(CCCN3CCC(Cc4ccc(F)cc4)CC3)ccc2N1. The van der Waals surface area contributed by atoms with E-state index in [-0.39, 0.29) is 11.7 Å². The van der Waals surface area contributed by atoms with Gasteiger partial charge in [-0.25, -0.2) is 4.39 Å². The summed E-state index contributed by atoms with van der Waals surface area (Å²) in [7, 11) is 0. The van der Waals surface area contributed by atoms with Gasteiger partial charge in [0, 0.05) is 12.1 Å². The van der Waals surface area contributed by atoms with Gasteiger partial charge in [-0.15, -0.1) is 0 Å². The Labute approximate surface area is 166 Å². The van der Waals surface area contributed by atoms with Gasteiger partial charge in [-0.1, -0.05) is 24.3 Å². The molecule has 1 fully saturated rings. The molecule has 2 aliphatic heterocycles. The first-order chi connectivity index (χ1) is 13.7. The van der Waals surface area contributed by atoms with Crippen molar-refractivity contribution in [3.05, 3.63) is 65.0 Å². The molecule has 2 heterocycles. The van der Waals surface area contributed by atoms with E-state index in [1.807, 2.05) is 12.1 Å². The molecule has 28 heavy (non-hydrogen) atoms. The largest absolute Gasteiger partial charge is 0.326 e. The smallest absolute Gasteiger partial charge is 0.224 e. The maximum atomic E-state index is 13.0. The molecule has 3 nitrogen and oxygen atoms in total. The van der Waals surface area contributed by atoms with Crippen LogP contribution in [0.25, 0.3) is 0 Å². The maximum absolute atomic E-state index is 13.0. The lowest BCUT2D eigenvalue weighted by molar-refractivity contribution is -0.116. The summed E-state index contributed by atoms with van der Waals surface area (Å²) < 4.78 is 13.0. The van der Waals surface area contributed by atoms with E-state index >= 15 is 0 Å². The minimum atomic E-state index is -0.151. The van der Waals surface area contributed by atoms with Crippen LogP contribution in [0.5, 0.6) is 0 Å². The van der Waals surface area contributed by atoms with Crippen LogP contribution in [-0.4, -0.2) is 30.4 Å². The van der Waals surface area contributed by atoms with E-state index < -0.39 is 0 Å². The van der Waals surface area contributed by atoms with Gasteiger partial charge in [0.25, 0.3) is 0 Å². The number of nitrogens with one attached hydrogen (secondary N) is 1. The van der Waals surface area contributed by atoms with Gasteiger partial charge in [0.15, 0.2) is 0 Å². The number of carbonyl (C=O) groups is 1. The lowest BCUT2D eigenvalue weighted by Gasteiger charge is -2.32. The van der Waals surface area contributed by atoms with Gasteiger partial charge in [-0.3, -0.25) is 4.79 Å². The van der Waals surface area contributed by atoms with Gasteiger partial charge >= 0.3 is 0 Å². The fourth-order valence-electron chi connectivity index (χ4n) is 4.47. The average molecular weight is 381 g/mol. The fourth-order valence-corrected chi connectivity index (χ4v) is 4.47. The molecule has 1 saturated heterocycles. The molecular weight excluding hydrogens is 351 g/mol. The number of aryl methyl sites for hydroxylation is 2. The molecule has 4 rings (SSSR count). The van der Waals surface area contributed by atoms with E-state index in [1.165, 1.54) is 49.0 Å². The summed E-state index contributed by atoms with van der Waals surface area (Å²) in [6, 6.07) is 13.5. The van der Waals surface area contributed by atoms with Crippen LogP contribution in [0.4, 0.5) is 10.1 Å². The molecule has 0 aliphatic carbocycles. The van der Waals surface area contributed by atoms with Crippen molar-refractivity contribution in [3.8, 4) is 0 Å². The Balaban J connectivity index is 1.18. The van der Waals surface area contributed by atoms with Crippen molar-refractivity contribution < 1.29 is 9.18 Å². The molecule has 1 N–H and O–H groups in total. The first kappa shape index (κ1) is 19.1. The Hall–Kier alpha value is -2.20. The molecule has 0 bridgehead atoms. The van der Waals surface area contributed by atoms with Crippen LogP contribution >= 0.6 is 0 Å². The van der Waals surface area contributed by atoms with Crippen molar-refractivity contribution in [2.45, 2.75) is 44.9 Å². The van der Waals surface area contributed by atoms with Crippen molar-refractivity contribution in [2.75, 3.05) is 25.0 Å². The molecule has 0 radical (unpaired) electrons. The predicted molar refractivity (Wildman–Crippen MR) is 111 cm³/mol. The molecule has 2 aromatic carbocycles. The van der Waals surface area contributed by atoms with Crippen LogP contribution in [-0.2, 0) is 24.1 Å². The molecule has 0 saturated carbocycles. The molecule has 1 amide bonds. The van der Waals surface area contributed by atoms with Crippen molar-refractivity contribution in [1.29, 1.82) is 0 Å². The molecule has 2 aliphatic rings. The number of benzene rings is 2. The zero-order chi connectivity index (χ0) is 19.3. The van der Waals surface area contributed by atoms with Crippen LogP contribution < -0.4 is 5.32 Å². The Kier molecular flexibility index (Phi) is 6.06. The number of piperidine rings is 1. The lowest BCUT2D eigenvalue weighted by atomic mass is 9.90. The van der Waals surface area contributed by atoms with Crippen molar-refractivity contribution in [1.82, 2.24) is 4.90 Å². The molecule has 0 spiro atoms. The van der Waals surface area contributed by atoms with Crippen molar-refractivity contribution in [2.24, 2.45) is 5.92 Å². The topological polar surface area (TPSA) is 32.3 Å². The van der Waals surface area contributed by atoms with Gasteiger partial charge < -0.3 is 10.2 Å². The summed E-state index contributed by atoms with van der Waals surface area (Å²) in [6.45, 7) is 3.49. The zero-order valence-electron chi connectivity index (χ0n) is 16.4. The van der Waals surface area contributed by atoms with Crippen LogP contribution in [0.3, 0.4) is 0 Å².